The molecule has 104 valence electrons. The third kappa shape index (κ3) is 3.30. The molecule has 0 aliphatic carbocycles. The lowest BCUT2D eigenvalue weighted by atomic mass is 10.0. The van der Waals surface area contributed by atoms with Gasteiger partial charge < -0.3 is 19.5 Å². The Bertz CT molecular complexity index is 447. The number of amides is 1. The van der Waals surface area contributed by atoms with Gasteiger partial charge in [0, 0.05) is 5.56 Å². The first-order valence-corrected chi connectivity index (χ1v) is 6.48. The first kappa shape index (κ1) is 13.5. The van der Waals surface area contributed by atoms with Gasteiger partial charge in [-0.1, -0.05) is 0 Å². The molecule has 0 bridgehead atoms. The van der Waals surface area contributed by atoms with Gasteiger partial charge in [-0.05, 0) is 38.0 Å². The highest BCUT2D eigenvalue weighted by molar-refractivity contribution is 5.68. The minimum Gasteiger partial charge on any atom is -0.497 e. The predicted octanol–water partition coefficient (Wildman–Crippen LogP) is 2.66. The maximum absolute atomic E-state index is 11.6. The van der Waals surface area contributed by atoms with Gasteiger partial charge in [-0.2, -0.15) is 0 Å². The second-order valence-electron chi connectivity index (χ2n) is 4.31. The zero-order valence-electron chi connectivity index (χ0n) is 11.3. The van der Waals surface area contributed by atoms with Crippen molar-refractivity contribution in [3.8, 4) is 11.5 Å². The molecule has 1 unspecified atom stereocenters. The maximum atomic E-state index is 11.6. The van der Waals surface area contributed by atoms with Gasteiger partial charge in [-0.25, -0.2) is 4.79 Å². The van der Waals surface area contributed by atoms with E-state index < -0.39 is 6.09 Å². The molecule has 0 radical (unpaired) electrons. The molecule has 1 heterocycles. The van der Waals surface area contributed by atoms with Crippen LogP contribution in [0, 0.1) is 0 Å². The molecule has 1 atom stereocenters. The van der Waals surface area contributed by atoms with E-state index in [4.69, 9.17) is 14.2 Å². The molecule has 1 aliphatic heterocycles. The highest BCUT2D eigenvalue weighted by Crippen LogP contribution is 2.34. The molecule has 1 N–H and O–H groups in total. The van der Waals surface area contributed by atoms with Gasteiger partial charge in [0.2, 0.25) is 0 Å². The Balaban J connectivity index is 2.22. The molecule has 1 aliphatic rings. The Morgan fingerprint density at radius 3 is 3.11 bits per heavy atom. The molecule has 19 heavy (non-hydrogen) atoms. The Labute approximate surface area is 112 Å². The fourth-order valence-electron chi connectivity index (χ4n) is 2.15. The SMILES string of the molecule is CCOC(=O)NC1CCCOc2ccc(OC)cc21. The average Bonchev–Trinajstić information content (AvgIpc) is 2.61. The van der Waals surface area contributed by atoms with Gasteiger partial charge in [-0.15, -0.1) is 0 Å². The molecule has 1 aromatic carbocycles. The number of carbonyl (C=O) groups excluding carboxylic acids is 1. The number of alkyl carbamates (subject to hydrolysis) is 1. The average molecular weight is 265 g/mol. The van der Waals surface area contributed by atoms with Crippen LogP contribution in [-0.2, 0) is 4.74 Å². The van der Waals surface area contributed by atoms with Gasteiger partial charge in [-0.3, -0.25) is 0 Å². The number of ether oxygens (including phenoxy) is 3. The van der Waals surface area contributed by atoms with E-state index in [-0.39, 0.29) is 6.04 Å². The zero-order valence-corrected chi connectivity index (χ0v) is 11.3. The monoisotopic (exact) mass is 265 g/mol. The van der Waals surface area contributed by atoms with Gasteiger partial charge >= 0.3 is 6.09 Å². The van der Waals surface area contributed by atoms with Crippen molar-refractivity contribution in [2.45, 2.75) is 25.8 Å². The molecule has 5 nitrogen and oxygen atoms in total. The number of methoxy groups -OCH3 is 1. The van der Waals surface area contributed by atoms with Crippen LogP contribution in [0.4, 0.5) is 4.79 Å². The Hall–Kier alpha value is -1.91. The third-order valence-electron chi connectivity index (χ3n) is 3.05. The summed E-state index contributed by atoms with van der Waals surface area (Å²) < 4.78 is 15.8. The van der Waals surface area contributed by atoms with Crippen LogP contribution in [-0.4, -0.2) is 26.4 Å². The molecule has 0 saturated carbocycles. The van der Waals surface area contributed by atoms with Crippen molar-refractivity contribution in [3.05, 3.63) is 23.8 Å². The zero-order chi connectivity index (χ0) is 13.7. The number of hydrogen-bond donors (Lipinski definition) is 1. The van der Waals surface area contributed by atoms with Crippen LogP contribution >= 0.6 is 0 Å². The molecule has 1 aromatic rings. The highest BCUT2D eigenvalue weighted by atomic mass is 16.5. The number of fused-ring (bicyclic) bond motifs is 1. The topological polar surface area (TPSA) is 56.8 Å². The van der Waals surface area contributed by atoms with Crippen LogP contribution in [0.5, 0.6) is 11.5 Å². The van der Waals surface area contributed by atoms with Crippen LogP contribution in [0.2, 0.25) is 0 Å². The van der Waals surface area contributed by atoms with E-state index in [9.17, 15) is 4.79 Å². The number of carbonyl (C=O) groups is 1. The Morgan fingerprint density at radius 2 is 2.37 bits per heavy atom. The van der Waals surface area contributed by atoms with E-state index in [0.29, 0.717) is 13.2 Å². The molecule has 0 spiro atoms. The minimum absolute atomic E-state index is 0.105. The molecule has 0 saturated heterocycles. The van der Waals surface area contributed by atoms with E-state index >= 15 is 0 Å². The van der Waals surface area contributed by atoms with E-state index in [1.54, 1.807) is 14.0 Å². The summed E-state index contributed by atoms with van der Waals surface area (Å²) in [4.78, 5) is 11.6. The van der Waals surface area contributed by atoms with E-state index in [0.717, 1.165) is 29.9 Å². The van der Waals surface area contributed by atoms with E-state index in [1.165, 1.54) is 0 Å². The van der Waals surface area contributed by atoms with Crippen molar-refractivity contribution >= 4 is 6.09 Å². The molecule has 2 rings (SSSR count). The Kier molecular flexibility index (Phi) is 4.49. The normalized spacial score (nSPS) is 17.7. The van der Waals surface area contributed by atoms with Crippen molar-refractivity contribution < 1.29 is 19.0 Å². The number of hydrogen-bond acceptors (Lipinski definition) is 4. The van der Waals surface area contributed by atoms with Crippen molar-refractivity contribution in [2.24, 2.45) is 0 Å². The number of rotatable bonds is 3. The van der Waals surface area contributed by atoms with E-state index in [2.05, 4.69) is 5.32 Å². The van der Waals surface area contributed by atoms with Gasteiger partial charge in [0.05, 0.1) is 26.4 Å². The molecular formula is C14H19NO4. The van der Waals surface area contributed by atoms with Gasteiger partial charge in [0.15, 0.2) is 0 Å². The highest BCUT2D eigenvalue weighted by Gasteiger charge is 2.22. The van der Waals surface area contributed by atoms with Crippen LogP contribution in [0.25, 0.3) is 0 Å². The third-order valence-corrected chi connectivity index (χ3v) is 3.05. The molecule has 1 amide bonds. The largest absolute Gasteiger partial charge is 0.497 e. The van der Waals surface area contributed by atoms with Gasteiger partial charge in [0.1, 0.15) is 11.5 Å². The summed E-state index contributed by atoms with van der Waals surface area (Å²) in [6.45, 7) is 2.80. The first-order valence-electron chi connectivity index (χ1n) is 6.48. The van der Waals surface area contributed by atoms with Crippen molar-refractivity contribution in [3.63, 3.8) is 0 Å². The fraction of sp³-hybridized carbons (Fsp3) is 0.500. The summed E-state index contributed by atoms with van der Waals surface area (Å²) in [7, 11) is 1.62. The van der Waals surface area contributed by atoms with E-state index in [1.807, 2.05) is 18.2 Å². The summed E-state index contributed by atoms with van der Waals surface area (Å²) in [5.41, 5.74) is 0.935. The Morgan fingerprint density at radius 1 is 1.53 bits per heavy atom. The van der Waals surface area contributed by atoms with Crippen LogP contribution in [0.15, 0.2) is 18.2 Å². The minimum atomic E-state index is -0.400. The lowest BCUT2D eigenvalue weighted by molar-refractivity contribution is 0.147. The second kappa shape index (κ2) is 6.31. The quantitative estimate of drug-likeness (QED) is 0.912. The van der Waals surface area contributed by atoms with Crippen LogP contribution < -0.4 is 14.8 Å². The summed E-state index contributed by atoms with van der Waals surface area (Å²) in [5, 5.41) is 2.87. The lowest BCUT2D eigenvalue weighted by Crippen LogP contribution is -2.29. The molecule has 0 fully saturated rings. The summed E-state index contributed by atoms with van der Waals surface area (Å²) in [6.07, 6.45) is 1.30. The molecule has 0 aromatic heterocycles. The number of nitrogens with one attached hydrogen (secondary N) is 1. The molecular weight excluding hydrogens is 246 g/mol. The first-order chi connectivity index (χ1) is 9.24. The maximum Gasteiger partial charge on any atom is 0.407 e. The summed E-state index contributed by atoms with van der Waals surface area (Å²) >= 11 is 0. The predicted molar refractivity (Wildman–Crippen MR) is 70.6 cm³/mol. The van der Waals surface area contributed by atoms with Crippen molar-refractivity contribution in [1.82, 2.24) is 5.32 Å². The summed E-state index contributed by atoms with van der Waals surface area (Å²) in [5.74, 6) is 1.54. The van der Waals surface area contributed by atoms with Crippen LogP contribution in [0.1, 0.15) is 31.4 Å². The van der Waals surface area contributed by atoms with Crippen molar-refractivity contribution in [2.75, 3.05) is 20.3 Å². The lowest BCUT2D eigenvalue weighted by Gasteiger charge is -2.18. The summed E-state index contributed by atoms with van der Waals surface area (Å²) in [6, 6.07) is 5.52. The standard InChI is InChI=1S/C14H19NO4/c1-3-18-14(16)15-12-5-4-8-19-13-7-6-10(17-2)9-11(12)13/h6-7,9,12H,3-5,8H2,1-2H3,(H,15,16). The van der Waals surface area contributed by atoms with Gasteiger partial charge in [0.25, 0.3) is 0 Å². The van der Waals surface area contributed by atoms with Crippen LogP contribution in [0.3, 0.4) is 0 Å². The number of benzene rings is 1. The second-order valence-corrected chi connectivity index (χ2v) is 4.31. The van der Waals surface area contributed by atoms with Crippen molar-refractivity contribution in [1.29, 1.82) is 0 Å². The molecule has 5 heteroatoms. The fourth-order valence-corrected chi connectivity index (χ4v) is 2.15. The smallest absolute Gasteiger partial charge is 0.407 e.